The molecule has 0 aliphatic heterocycles. The van der Waals surface area contributed by atoms with E-state index >= 15 is 0 Å². The molecule has 3 nitrogen and oxygen atoms in total. The molecule has 0 saturated heterocycles. The first-order valence-electron chi connectivity index (χ1n) is 6.02. The van der Waals surface area contributed by atoms with Crippen LogP contribution in [0.25, 0.3) is 0 Å². The van der Waals surface area contributed by atoms with Gasteiger partial charge in [-0.2, -0.15) is 0 Å². The van der Waals surface area contributed by atoms with E-state index in [1.54, 1.807) is 11.3 Å². The molecule has 0 fully saturated rings. The number of nitrogens with two attached hydrogens (primary N) is 1. The number of rotatable bonds is 5. The number of carbonyl (C=O) groups is 1. The second-order valence-electron chi connectivity index (χ2n) is 4.91. The Morgan fingerprint density at radius 3 is 2.53 bits per heavy atom. The molecule has 0 aliphatic carbocycles. The van der Waals surface area contributed by atoms with Crippen molar-refractivity contribution in [3.8, 4) is 0 Å². The van der Waals surface area contributed by atoms with Crippen LogP contribution < -0.4 is 11.1 Å². The number of aryl methyl sites for hydroxylation is 1. The Labute approximate surface area is 107 Å². The van der Waals surface area contributed by atoms with Crippen LogP contribution in [0.5, 0.6) is 0 Å². The molecule has 0 aromatic carbocycles. The molecule has 1 aromatic heterocycles. The van der Waals surface area contributed by atoms with Gasteiger partial charge in [0.1, 0.15) is 0 Å². The van der Waals surface area contributed by atoms with E-state index in [1.807, 2.05) is 6.92 Å². The van der Waals surface area contributed by atoms with E-state index in [-0.39, 0.29) is 11.9 Å². The highest BCUT2D eigenvalue weighted by atomic mass is 32.1. The predicted molar refractivity (Wildman–Crippen MR) is 73.0 cm³/mol. The standard InChI is InChI=1S/C13H22N2OS/c1-8(2)7-11(14)13(16)15-10(4)12-6-5-9(3)17-12/h5-6,8,10-11H,7,14H2,1-4H3,(H,15,16)/t10?,11-/m0/s1. The molecule has 1 unspecified atom stereocenters. The van der Waals surface area contributed by atoms with E-state index in [0.29, 0.717) is 5.92 Å². The first-order valence-corrected chi connectivity index (χ1v) is 6.84. The van der Waals surface area contributed by atoms with Gasteiger partial charge in [0.25, 0.3) is 0 Å². The summed E-state index contributed by atoms with van der Waals surface area (Å²) in [6.45, 7) is 8.19. The summed E-state index contributed by atoms with van der Waals surface area (Å²) in [6.07, 6.45) is 0.724. The lowest BCUT2D eigenvalue weighted by Crippen LogP contribution is -2.42. The molecule has 1 rings (SSSR count). The van der Waals surface area contributed by atoms with Crippen molar-refractivity contribution in [1.82, 2.24) is 5.32 Å². The SMILES string of the molecule is Cc1ccc(C(C)NC(=O)[C@@H](N)CC(C)C)s1. The molecule has 2 atom stereocenters. The maximum atomic E-state index is 11.8. The third kappa shape index (κ3) is 4.48. The van der Waals surface area contributed by atoms with Crippen LogP contribution in [0.4, 0.5) is 0 Å². The molecular weight excluding hydrogens is 232 g/mol. The van der Waals surface area contributed by atoms with Crippen LogP contribution in [0.3, 0.4) is 0 Å². The van der Waals surface area contributed by atoms with Crippen molar-refractivity contribution in [2.75, 3.05) is 0 Å². The van der Waals surface area contributed by atoms with Gasteiger partial charge in [-0.25, -0.2) is 0 Å². The Morgan fingerprint density at radius 2 is 2.06 bits per heavy atom. The minimum atomic E-state index is -0.404. The number of amides is 1. The predicted octanol–water partition coefficient (Wildman–Crippen LogP) is 2.61. The van der Waals surface area contributed by atoms with Crippen LogP contribution in [0.15, 0.2) is 12.1 Å². The Kier molecular flexibility index (Phi) is 5.15. The van der Waals surface area contributed by atoms with Gasteiger partial charge in [-0.3, -0.25) is 4.79 Å². The molecule has 0 saturated carbocycles. The normalized spacial score (nSPS) is 14.7. The van der Waals surface area contributed by atoms with Crippen molar-refractivity contribution in [1.29, 1.82) is 0 Å². The topological polar surface area (TPSA) is 55.1 Å². The van der Waals surface area contributed by atoms with Gasteiger partial charge in [0.2, 0.25) is 5.91 Å². The molecule has 0 spiro atoms. The highest BCUT2D eigenvalue weighted by Gasteiger charge is 2.18. The molecule has 96 valence electrons. The maximum Gasteiger partial charge on any atom is 0.237 e. The van der Waals surface area contributed by atoms with Gasteiger partial charge in [-0.1, -0.05) is 13.8 Å². The molecular formula is C13H22N2OS. The summed E-state index contributed by atoms with van der Waals surface area (Å²) in [5.41, 5.74) is 5.84. The van der Waals surface area contributed by atoms with E-state index in [2.05, 4.69) is 38.2 Å². The van der Waals surface area contributed by atoms with E-state index in [0.717, 1.165) is 6.42 Å². The largest absolute Gasteiger partial charge is 0.347 e. The summed E-state index contributed by atoms with van der Waals surface area (Å²) in [5.74, 6) is 0.382. The van der Waals surface area contributed by atoms with Crippen molar-refractivity contribution in [3.05, 3.63) is 21.9 Å². The molecule has 0 radical (unpaired) electrons. The third-order valence-corrected chi connectivity index (χ3v) is 3.79. The zero-order valence-corrected chi connectivity index (χ0v) is 11.8. The highest BCUT2D eigenvalue weighted by molar-refractivity contribution is 7.12. The van der Waals surface area contributed by atoms with Crippen LogP contribution in [-0.2, 0) is 4.79 Å². The average molecular weight is 254 g/mol. The molecule has 4 heteroatoms. The molecule has 1 amide bonds. The summed E-state index contributed by atoms with van der Waals surface area (Å²) >= 11 is 1.71. The van der Waals surface area contributed by atoms with Gasteiger partial charge in [-0.05, 0) is 38.3 Å². The lowest BCUT2D eigenvalue weighted by molar-refractivity contribution is -0.123. The van der Waals surface area contributed by atoms with E-state index in [1.165, 1.54) is 9.75 Å². The Bertz CT molecular complexity index is 373. The van der Waals surface area contributed by atoms with Crippen molar-refractivity contribution in [2.45, 2.75) is 46.2 Å². The van der Waals surface area contributed by atoms with Crippen LogP contribution in [0.1, 0.15) is 43.0 Å². The van der Waals surface area contributed by atoms with E-state index in [4.69, 9.17) is 5.73 Å². The smallest absolute Gasteiger partial charge is 0.237 e. The number of nitrogens with one attached hydrogen (secondary N) is 1. The van der Waals surface area contributed by atoms with Crippen LogP contribution in [0.2, 0.25) is 0 Å². The Morgan fingerprint density at radius 1 is 1.41 bits per heavy atom. The molecule has 1 heterocycles. The number of thiophene rings is 1. The van der Waals surface area contributed by atoms with Crippen molar-refractivity contribution < 1.29 is 4.79 Å². The van der Waals surface area contributed by atoms with Gasteiger partial charge in [0, 0.05) is 9.75 Å². The maximum absolute atomic E-state index is 11.8. The van der Waals surface area contributed by atoms with Crippen molar-refractivity contribution in [3.63, 3.8) is 0 Å². The van der Waals surface area contributed by atoms with Gasteiger partial charge in [-0.15, -0.1) is 11.3 Å². The summed E-state index contributed by atoms with van der Waals surface area (Å²) in [4.78, 5) is 14.3. The Hall–Kier alpha value is -0.870. The van der Waals surface area contributed by atoms with Gasteiger partial charge in [0.15, 0.2) is 0 Å². The highest BCUT2D eigenvalue weighted by Crippen LogP contribution is 2.22. The van der Waals surface area contributed by atoms with Gasteiger partial charge >= 0.3 is 0 Å². The van der Waals surface area contributed by atoms with Crippen LogP contribution in [-0.4, -0.2) is 11.9 Å². The molecule has 1 aromatic rings. The number of hydrogen-bond acceptors (Lipinski definition) is 3. The first kappa shape index (κ1) is 14.2. The fraction of sp³-hybridized carbons (Fsp3) is 0.615. The molecule has 0 aliphatic rings. The number of hydrogen-bond donors (Lipinski definition) is 2. The molecule has 17 heavy (non-hydrogen) atoms. The fourth-order valence-corrected chi connectivity index (χ4v) is 2.57. The lowest BCUT2D eigenvalue weighted by atomic mass is 10.0. The van der Waals surface area contributed by atoms with E-state index in [9.17, 15) is 4.79 Å². The van der Waals surface area contributed by atoms with Crippen LogP contribution in [0, 0.1) is 12.8 Å². The second-order valence-corrected chi connectivity index (χ2v) is 6.23. The minimum Gasteiger partial charge on any atom is -0.347 e. The molecule has 3 N–H and O–H groups in total. The van der Waals surface area contributed by atoms with Crippen molar-refractivity contribution in [2.24, 2.45) is 11.7 Å². The van der Waals surface area contributed by atoms with E-state index < -0.39 is 6.04 Å². The number of carbonyl (C=O) groups excluding carboxylic acids is 1. The van der Waals surface area contributed by atoms with Gasteiger partial charge in [0.05, 0.1) is 12.1 Å². The fourth-order valence-electron chi connectivity index (χ4n) is 1.69. The Balaban J connectivity index is 2.51. The third-order valence-electron chi connectivity index (χ3n) is 2.61. The monoisotopic (exact) mass is 254 g/mol. The zero-order valence-electron chi connectivity index (χ0n) is 11.0. The minimum absolute atomic E-state index is 0.0411. The summed E-state index contributed by atoms with van der Waals surface area (Å²) < 4.78 is 0. The quantitative estimate of drug-likeness (QED) is 0.848. The first-order chi connectivity index (χ1) is 7.90. The second kappa shape index (κ2) is 6.17. The van der Waals surface area contributed by atoms with Crippen molar-refractivity contribution >= 4 is 17.2 Å². The zero-order chi connectivity index (χ0) is 13.0. The van der Waals surface area contributed by atoms with Crippen LogP contribution >= 0.6 is 11.3 Å². The van der Waals surface area contributed by atoms with Gasteiger partial charge < -0.3 is 11.1 Å². The summed E-state index contributed by atoms with van der Waals surface area (Å²) in [7, 11) is 0. The summed E-state index contributed by atoms with van der Waals surface area (Å²) in [6, 6.07) is 3.76. The average Bonchev–Trinajstić information content (AvgIpc) is 2.63. The molecule has 0 bridgehead atoms. The lowest BCUT2D eigenvalue weighted by Gasteiger charge is -2.17. The summed E-state index contributed by atoms with van der Waals surface area (Å²) in [5, 5.41) is 2.96.